The van der Waals surface area contributed by atoms with Crippen LogP contribution in [-0.2, 0) is 11.4 Å². The van der Waals surface area contributed by atoms with Crippen LogP contribution < -0.4 is 10.5 Å². The molecule has 6 nitrogen and oxygen atoms in total. The lowest BCUT2D eigenvalue weighted by Gasteiger charge is -2.47. The minimum Gasteiger partial charge on any atom is -0.489 e. The first-order valence-electron chi connectivity index (χ1n) is 9.86. The van der Waals surface area contributed by atoms with Crippen LogP contribution in [0.4, 0.5) is 4.79 Å². The topological polar surface area (TPSA) is 89.6 Å². The van der Waals surface area contributed by atoms with E-state index in [1.54, 1.807) is 0 Å². The van der Waals surface area contributed by atoms with Gasteiger partial charge in [0.1, 0.15) is 23.9 Å². The largest absolute Gasteiger partial charge is 0.515 e. The Labute approximate surface area is 171 Å². The minimum absolute atomic E-state index is 0.354. The molecule has 3 N–H and O–H groups in total. The number of carbonyl (C=O) groups is 2. The normalized spacial score (nSPS) is 24.2. The smallest absolute Gasteiger partial charge is 0.489 e. The van der Waals surface area contributed by atoms with Gasteiger partial charge in [0, 0.05) is 18.4 Å². The van der Waals surface area contributed by atoms with Gasteiger partial charge in [0.2, 0.25) is 0 Å². The van der Waals surface area contributed by atoms with Crippen molar-refractivity contribution in [2.45, 2.75) is 57.8 Å². The number of ether oxygens (including phenoxy) is 1. The summed E-state index contributed by atoms with van der Waals surface area (Å²) < 4.78 is 5.46. The number of rotatable bonds is 5. The highest BCUT2D eigenvalue weighted by Gasteiger charge is 2.64. The van der Waals surface area contributed by atoms with Crippen molar-refractivity contribution in [2.75, 3.05) is 0 Å². The Balaban J connectivity index is 1.88. The predicted octanol–water partition coefficient (Wildman–Crippen LogP) is 4.25. The van der Waals surface area contributed by atoms with Crippen LogP contribution in [0.5, 0.6) is 5.75 Å². The van der Waals surface area contributed by atoms with Crippen LogP contribution in [0.15, 0.2) is 54.6 Å². The SMILES string of the molecule is CC(C)(C)[N+]1(C(=O)O)[C@@H](C(N)=O)CC[C@H]1c1ccc(OCc2ccccc2)cc1. The van der Waals surface area contributed by atoms with Crippen molar-refractivity contribution in [3.8, 4) is 5.75 Å². The summed E-state index contributed by atoms with van der Waals surface area (Å²) in [6.07, 6.45) is 0.0187. The van der Waals surface area contributed by atoms with Gasteiger partial charge in [0.05, 0.1) is 0 Å². The second-order valence-electron chi connectivity index (χ2n) is 8.59. The molecule has 0 radical (unpaired) electrons. The molecular formula is C23H29N2O4+. The van der Waals surface area contributed by atoms with Crippen LogP contribution in [0.3, 0.4) is 0 Å². The molecule has 2 aromatic carbocycles. The zero-order valence-electron chi connectivity index (χ0n) is 17.2. The summed E-state index contributed by atoms with van der Waals surface area (Å²) in [5.41, 5.74) is 6.88. The van der Waals surface area contributed by atoms with Crippen molar-refractivity contribution >= 4 is 12.0 Å². The molecule has 0 aliphatic carbocycles. The quantitative estimate of drug-likeness (QED) is 0.738. The molecule has 2 amide bonds. The Bertz CT molecular complexity index is 874. The van der Waals surface area contributed by atoms with Gasteiger partial charge in [0.25, 0.3) is 5.91 Å². The number of amides is 2. The molecule has 2 aromatic rings. The Kier molecular flexibility index (Phi) is 5.66. The summed E-state index contributed by atoms with van der Waals surface area (Å²) in [6.45, 7) is 6.02. The average molecular weight is 397 g/mol. The highest BCUT2D eigenvalue weighted by molar-refractivity contribution is 5.81. The maximum absolute atomic E-state index is 12.5. The molecule has 0 aromatic heterocycles. The van der Waals surface area contributed by atoms with Crippen molar-refractivity contribution < 1.29 is 23.9 Å². The number of hydrogen-bond acceptors (Lipinski definition) is 3. The number of nitrogens with zero attached hydrogens (tertiary/aromatic N) is 1. The van der Waals surface area contributed by atoms with Crippen LogP contribution >= 0.6 is 0 Å². The summed E-state index contributed by atoms with van der Waals surface area (Å²) in [7, 11) is 0. The van der Waals surface area contributed by atoms with Crippen LogP contribution in [0.2, 0.25) is 0 Å². The average Bonchev–Trinajstić information content (AvgIpc) is 3.10. The summed E-state index contributed by atoms with van der Waals surface area (Å²) in [4.78, 5) is 24.7. The van der Waals surface area contributed by atoms with Gasteiger partial charge < -0.3 is 15.6 Å². The van der Waals surface area contributed by atoms with Crippen LogP contribution in [-0.4, -0.2) is 33.2 Å². The number of quaternary nitrogens is 1. The summed E-state index contributed by atoms with van der Waals surface area (Å²) in [5.74, 6) is 0.152. The molecule has 3 rings (SSSR count). The van der Waals surface area contributed by atoms with E-state index in [0.29, 0.717) is 25.2 Å². The fourth-order valence-electron chi connectivity index (χ4n) is 4.70. The highest BCUT2D eigenvalue weighted by Crippen LogP contribution is 2.49. The molecule has 1 aliphatic heterocycles. The first-order chi connectivity index (χ1) is 13.7. The number of carboxylic acid groups (broad SMARTS) is 1. The number of hydrogen-bond donors (Lipinski definition) is 2. The molecule has 0 spiro atoms. The zero-order chi connectivity index (χ0) is 21.2. The molecule has 3 atom stereocenters. The molecule has 154 valence electrons. The first-order valence-corrected chi connectivity index (χ1v) is 9.86. The number of likely N-dealkylation sites (tertiary alicyclic amines) is 1. The van der Waals surface area contributed by atoms with Gasteiger partial charge in [-0.1, -0.05) is 30.3 Å². The van der Waals surface area contributed by atoms with E-state index in [-0.39, 0.29) is 10.5 Å². The number of nitrogens with two attached hydrogens (primary N) is 1. The Morgan fingerprint density at radius 1 is 1.07 bits per heavy atom. The molecule has 1 saturated heterocycles. The van der Waals surface area contributed by atoms with E-state index in [0.717, 1.165) is 11.1 Å². The lowest BCUT2D eigenvalue weighted by Crippen LogP contribution is -2.69. The van der Waals surface area contributed by atoms with Crippen LogP contribution in [0.1, 0.15) is 50.8 Å². The van der Waals surface area contributed by atoms with Gasteiger partial charge in [0.15, 0.2) is 6.04 Å². The Hall–Kier alpha value is -2.86. The second kappa shape index (κ2) is 7.87. The number of primary amides is 1. The fourth-order valence-corrected chi connectivity index (χ4v) is 4.70. The molecule has 6 heteroatoms. The monoisotopic (exact) mass is 397 g/mol. The van der Waals surface area contributed by atoms with E-state index in [4.69, 9.17) is 10.5 Å². The van der Waals surface area contributed by atoms with E-state index < -0.39 is 23.6 Å². The van der Waals surface area contributed by atoms with E-state index in [1.165, 1.54) is 0 Å². The molecule has 0 saturated carbocycles. The maximum Gasteiger partial charge on any atom is 0.515 e. The van der Waals surface area contributed by atoms with Crippen molar-refractivity contribution in [2.24, 2.45) is 5.73 Å². The standard InChI is InChI=1S/C23H28N2O4/c1-23(2,3)25(22(27)28)19(13-14-20(25)21(24)26)17-9-11-18(12-10-17)29-15-16-7-5-4-6-8-16/h4-12,19-20H,13-15H2,1-3H3,(H2-,24,26,27,28)/p+1/t19-,20+,25?/m0/s1. The van der Waals surface area contributed by atoms with Crippen molar-refractivity contribution in [3.63, 3.8) is 0 Å². The second-order valence-corrected chi connectivity index (χ2v) is 8.59. The van der Waals surface area contributed by atoms with E-state index in [2.05, 4.69) is 0 Å². The van der Waals surface area contributed by atoms with E-state index >= 15 is 0 Å². The van der Waals surface area contributed by atoms with E-state index in [1.807, 2.05) is 75.4 Å². The van der Waals surface area contributed by atoms with Gasteiger partial charge in [-0.2, -0.15) is 4.79 Å². The molecular weight excluding hydrogens is 368 g/mol. The molecule has 1 aliphatic rings. The number of carbonyl (C=O) groups excluding carboxylic acids is 1. The molecule has 1 unspecified atom stereocenters. The van der Waals surface area contributed by atoms with E-state index in [9.17, 15) is 14.7 Å². The molecule has 29 heavy (non-hydrogen) atoms. The predicted molar refractivity (Wildman–Crippen MR) is 110 cm³/mol. The van der Waals surface area contributed by atoms with Crippen molar-refractivity contribution in [3.05, 3.63) is 65.7 Å². The molecule has 1 heterocycles. The van der Waals surface area contributed by atoms with Gasteiger partial charge >= 0.3 is 6.09 Å². The summed E-state index contributed by atoms with van der Waals surface area (Å²) in [6, 6.07) is 16.3. The Morgan fingerprint density at radius 2 is 1.69 bits per heavy atom. The van der Waals surface area contributed by atoms with Gasteiger partial charge in [-0.05, 0) is 50.6 Å². The summed E-state index contributed by atoms with van der Waals surface area (Å²) >= 11 is 0. The number of benzene rings is 2. The zero-order valence-corrected chi connectivity index (χ0v) is 17.2. The molecule has 0 bridgehead atoms. The third-order valence-corrected chi connectivity index (χ3v) is 5.96. The summed E-state index contributed by atoms with van der Waals surface area (Å²) in [5, 5.41) is 10.3. The third-order valence-electron chi connectivity index (χ3n) is 5.96. The van der Waals surface area contributed by atoms with Crippen molar-refractivity contribution in [1.82, 2.24) is 0 Å². The third kappa shape index (κ3) is 3.72. The van der Waals surface area contributed by atoms with Crippen molar-refractivity contribution in [1.29, 1.82) is 0 Å². The first kappa shape index (κ1) is 20.9. The van der Waals surface area contributed by atoms with Gasteiger partial charge in [-0.3, -0.25) is 4.79 Å². The Morgan fingerprint density at radius 3 is 2.21 bits per heavy atom. The van der Waals surface area contributed by atoms with Gasteiger partial charge in [-0.15, -0.1) is 0 Å². The minimum atomic E-state index is -1.02. The highest BCUT2D eigenvalue weighted by atomic mass is 16.5. The van der Waals surface area contributed by atoms with Crippen LogP contribution in [0, 0.1) is 0 Å². The fraction of sp³-hybridized carbons (Fsp3) is 0.391. The lowest BCUT2D eigenvalue weighted by molar-refractivity contribution is -0.933. The maximum atomic E-state index is 12.5. The van der Waals surface area contributed by atoms with Crippen LogP contribution in [0.25, 0.3) is 0 Å². The van der Waals surface area contributed by atoms with Gasteiger partial charge in [-0.25, -0.2) is 4.48 Å². The molecule has 1 fully saturated rings. The lowest BCUT2D eigenvalue weighted by atomic mass is 9.94.